The number of carboxylic acid groups (broad SMARTS) is 1. The average Bonchev–Trinajstić information content (AvgIpc) is 0.820. The molecule has 4 unspecified atom stereocenters. The van der Waals surface area contributed by atoms with Crippen molar-refractivity contribution in [2.75, 3.05) is 69.2 Å². The third-order valence-corrected chi connectivity index (χ3v) is 39.8. The van der Waals surface area contributed by atoms with Crippen molar-refractivity contribution in [3.63, 3.8) is 0 Å². The number of ketones is 3. The largest absolute Gasteiger partial charge is 0.481 e. The lowest BCUT2D eigenvalue weighted by Crippen LogP contribution is -2.68. The van der Waals surface area contributed by atoms with E-state index in [1.54, 1.807) is 6.92 Å². The van der Waals surface area contributed by atoms with Crippen LogP contribution in [0.3, 0.4) is 0 Å². The van der Waals surface area contributed by atoms with Crippen molar-refractivity contribution in [2.24, 2.45) is 29.6 Å². The summed E-state index contributed by atoms with van der Waals surface area (Å²) < 4.78 is 8.45. The zero-order chi connectivity index (χ0) is 100.0. The van der Waals surface area contributed by atoms with Gasteiger partial charge in [0.1, 0.15) is 23.0 Å². The number of aromatic nitrogens is 8. The molecule has 25 nitrogen and oxygen atoms in total. The van der Waals surface area contributed by atoms with Crippen LogP contribution in [0.15, 0.2) is 116 Å². The maximum atomic E-state index is 14.3. The maximum absolute atomic E-state index is 14.3. The van der Waals surface area contributed by atoms with Crippen molar-refractivity contribution in [1.82, 2.24) is 67.6 Å². The monoisotopic (exact) mass is 1990 g/mol. The Morgan fingerprint density at radius 2 is 0.747 bits per heavy atom. The smallest absolute Gasteiger partial charge is 0.308 e. The van der Waals surface area contributed by atoms with E-state index in [9.17, 15) is 43.5 Å². The number of Topliss-reactive ketones (excluding diaryl/α,β-unsaturated/α-hetero) is 3. The molecule has 786 valence electrons. The van der Waals surface area contributed by atoms with Crippen molar-refractivity contribution < 1.29 is 24.3 Å². The molecule has 1 N–H and O–H groups in total. The molecule has 0 radical (unpaired) electrons. The number of likely N-dealkylation sites (N-methyl/N-ethyl adjacent to an activating group) is 1. The molecule has 0 spiro atoms. The fourth-order valence-corrected chi connectivity index (χ4v) is 34.1. The Morgan fingerprint density at radius 1 is 0.377 bits per heavy atom. The molecule has 26 rings (SSSR count). The molecule has 25 heteroatoms. The summed E-state index contributed by atoms with van der Waals surface area (Å²) in [5.74, 6) is 2.24. The average molecular weight is 1990 g/mol. The number of carboxylic acids is 1. The highest BCUT2D eigenvalue weighted by Crippen LogP contribution is 2.61. The second-order valence-electron chi connectivity index (χ2n) is 49.4. The number of aliphatic carboxylic acids is 1. The molecule has 0 amide bonds. The van der Waals surface area contributed by atoms with Crippen molar-refractivity contribution >= 4 is 79.1 Å². The van der Waals surface area contributed by atoms with Crippen LogP contribution in [0.1, 0.15) is 370 Å². The molecule has 7 saturated carbocycles. The fourth-order valence-electron chi connectivity index (χ4n) is 34.1. The molecule has 11 saturated heterocycles. The summed E-state index contributed by atoms with van der Waals surface area (Å²) >= 11 is 0. The summed E-state index contributed by atoms with van der Waals surface area (Å²) in [6.45, 7) is 9.58. The van der Waals surface area contributed by atoms with Gasteiger partial charge in [0.05, 0.1) is 63.1 Å². The number of benzene rings is 4. The second-order valence-corrected chi connectivity index (χ2v) is 49.4. The standard InChI is InChI=1S/C36H48N4O4.C32H47N5O2.C29H40N4O2.C24H33N3O/c1-22(41)29-20-38(21-30(29)35(43)44)11-5-9-32-34(42)39(33-10-3-2-8-31(33)37-32)28-15-26-6-4-7-27(16-28)40(26)36-17-23-12-24(18-36)14-25(13-23)19-36;1-23(38)21-34(2)27-17-18-35(22-27)31-32(39)37(30-16-9-8-15-29(30)33-31)28-19-25-13-10-14-26(20-28)36(25)24-11-6-4-3-5-7-12-24;34-25-14-9-17-31(20-25)28-29(35)33(27-16-7-6-15-26(27)30-28)24-18-22-12-8-13-23(19-24)32(22)21-10-4-2-1-3-5-11-21;1-17-24(28)27(23-12-8-7-11-22(23)25-17)21-15-19-13-14-20(16-21)26(19)18-9-5-3-2-4-6-10-18/h2-3,8,10,23-30H,4-7,9,11-21H2,1H3,(H,43,44);8-9,15-16,24-28H,3-7,10-14,17-22H2,1-2H3;6-7,15-16,21-24H,1-5,8-14,17-20H2;7-8,11-12,18-21H,2-6,9-10,13-16H2,1H3/t23?,24?,25?,26-,27+,28?,29-,30+,36?;25-,26+,27-,28?;22-,23+,24?;19-,20+,21?/m00../s1. The van der Waals surface area contributed by atoms with Gasteiger partial charge in [0, 0.05) is 147 Å². The number of fused-ring (bicyclic) bond motifs is 12. The Hall–Kier alpha value is -8.72. The van der Waals surface area contributed by atoms with Gasteiger partial charge in [0.15, 0.2) is 17.4 Å². The number of hydrogen-bond acceptors (Lipinski definition) is 20. The van der Waals surface area contributed by atoms with E-state index in [1.165, 1.54) is 251 Å². The number of piperidine rings is 8. The van der Waals surface area contributed by atoms with Crippen LogP contribution in [0.5, 0.6) is 0 Å². The SMILES string of the molecule is CC(=O)CN(C)[C@H]1CCN(c2nc3ccccc3n(C3C[C@H]4CCC[C@@H](C3)N4C3CCCCCCC3)c2=O)C1.CC(=O)[C@@H]1CN(CCCc2nc3ccccc3n(C3C[C@H]4CCC[C@@H](C3)N4C34CC5CC(CC(C5)C3)C4)c2=O)C[C@H]1C(=O)O.Cc1nc2ccccc2n(C2C[C@H]3CC[C@@H](C2)N3C2CCCCCCC2)c1=O.O=C1CCCN(c2nc3ccccc3n(C3C[C@H]4CCC[C@@H](C3)N4C3CCCCCCC3)c2=O)C1. The van der Waals surface area contributed by atoms with Crippen LogP contribution in [-0.4, -0.2) is 233 Å². The van der Waals surface area contributed by atoms with Crippen LogP contribution < -0.4 is 32.0 Å². The zero-order valence-corrected chi connectivity index (χ0v) is 88.4. The minimum Gasteiger partial charge on any atom is -0.481 e. The quantitative estimate of drug-likeness (QED) is 0.0789. The lowest BCUT2D eigenvalue weighted by molar-refractivity contribution is -0.150. The molecule has 18 fully saturated rings. The first-order valence-electron chi connectivity index (χ1n) is 59.0. The summed E-state index contributed by atoms with van der Waals surface area (Å²) in [6.07, 6.45) is 64.2. The van der Waals surface area contributed by atoms with Gasteiger partial charge < -0.3 is 38.1 Å². The summed E-state index contributed by atoms with van der Waals surface area (Å²) in [7, 11) is 2.02. The van der Waals surface area contributed by atoms with E-state index >= 15 is 0 Å². The molecule has 15 heterocycles. The Morgan fingerprint density at radius 3 is 1.16 bits per heavy atom. The molecule has 8 aromatic rings. The lowest BCUT2D eigenvalue weighted by Gasteiger charge is -2.66. The first kappa shape index (κ1) is 102. The van der Waals surface area contributed by atoms with E-state index in [0.29, 0.717) is 135 Å². The number of nitrogens with zero attached hydrogens (tertiary/aromatic N) is 16. The highest BCUT2D eigenvalue weighted by atomic mass is 16.4. The zero-order valence-electron chi connectivity index (χ0n) is 88.4. The lowest BCUT2D eigenvalue weighted by atomic mass is 9.51. The first-order valence-corrected chi connectivity index (χ1v) is 59.0. The first-order chi connectivity index (χ1) is 71.2. The Bertz CT molecular complexity index is 6110. The fraction of sp³-hybridized carbons (Fsp3) is 0.702. The molecular formula is C121H168N16O9. The number of carbonyl (C=O) groups is 4. The molecule has 7 aliphatic carbocycles. The van der Waals surface area contributed by atoms with Gasteiger partial charge in [0.25, 0.3) is 22.2 Å². The van der Waals surface area contributed by atoms with Gasteiger partial charge in [-0.2, -0.15) is 0 Å². The van der Waals surface area contributed by atoms with Gasteiger partial charge in [-0.05, 0) is 306 Å². The number of anilines is 2. The van der Waals surface area contributed by atoms with Crippen LogP contribution >= 0.6 is 0 Å². The summed E-state index contributed by atoms with van der Waals surface area (Å²) in [4.78, 5) is 143. The number of likely N-dealkylation sites (tertiary alicyclic amines) is 1. The van der Waals surface area contributed by atoms with Gasteiger partial charge >= 0.3 is 5.97 Å². The minimum atomic E-state index is -0.897. The van der Waals surface area contributed by atoms with E-state index < -0.39 is 17.8 Å². The Labute approximate surface area is 864 Å². The number of rotatable bonds is 19. The Kier molecular flexibility index (Phi) is 31.4. The third-order valence-electron chi connectivity index (χ3n) is 39.8. The molecule has 15 atom stereocenters. The number of aryl methyl sites for hydroxylation is 2. The molecule has 18 aliphatic rings. The molecular weight excluding hydrogens is 1820 g/mol. The van der Waals surface area contributed by atoms with E-state index in [2.05, 4.69) is 87.9 Å². The van der Waals surface area contributed by atoms with Crippen molar-refractivity contribution in [1.29, 1.82) is 0 Å². The summed E-state index contributed by atoms with van der Waals surface area (Å²) in [5, 5.41) is 9.62. The van der Waals surface area contributed by atoms with E-state index in [4.69, 9.17) is 15.0 Å². The van der Waals surface area contributed by atoms with Crippen LogP contribution in [0.25, 0.3) is 44.1 Å². The van der Waals surface area contributed by atoms with Gasteiger partial charge in [-0.1, -0.05) is 164 Å². The molecule has 11 aliphatic heterocycles. The second kappa shape index (κ2) is 45.1. The third kappa shape index (κ3) is 21.3. The molecule has 4 aromatic carbocycles. The summed E-state index contributed by atoms with van der Waals surface area (Å²) in [5.41, 5.74) is 9.45. The van der Waals surface area contributed by atoms with Gasteiger partial charge in [-0.15, -0.1) is 0 Å². The Balaban J connectivity index is 0.000000112. The number of hydrogen-bond donors (Lipinski definition) is 1. The van der Waals surface area contributed by atoms with E-state index in [0.717, 1.165) is 164 Å². The molecule has 146 heavy (non-hydrogen) atoms. The van der Waals surface area contributed by atoms with Crippen molar-refractivity contribution in [3.05, 3.63) is 150 Å². The molecule has 12 bridgehead atoms. The number of carbonyl (C=O) groups excluding carboxylic acids is 3. The van der Waals surface area contributed by atoms with Gasteiger partial charge in [0.2, 0.25) is 0 Å². The summed E-state index contributed by atoms with van der Waals surface area (Å²) in [6, 6.07) is 40.9. The van der Waals surface area contributed by atoms with Crippen LogP contribution in [0.4, 0.5) is 11.6 Å². The predicted octanol–water partition coefficient (Wildman–Crippen LogP) is 20.5. The van der Waals surface area contributed by atoms with Gasteiger partial charge in [-0.25, -0.2) is 19.9 Å². The molecule has 4 aromatic heterocycles. The normalized spacial score (nSPS) is 32.0. The number of para-hydroxylation sites is 8. The van der Waals surface area contributed by atoms with Crippen molar-refractivity contribution in [2.45, 2.75) is 450 Å². The highest BCUT2D eigenvalue weighted by molar-refractivity contribution is 5.86. The van der Waals surface area contributed by atoms with Gasteiger partial charge in [-0.3, -0.25) is 62.9 Å². The van der Waals surface area contributed by atoms with E-state index in [-0.39, 0.29) is 63.8 Å². The van der Waals surface area contributed by atoms with Crippen molar-refractivity contribution in [3.8, 4) is 0 Å². The minimum absolute atomic E-state index is 0.000812. The predicted molar refractivity (Wildman–Crippen MR) is 580 cm³/mol. The topological polar surface area (TPSA) is 254 Å². The van der Waals surface area contributed by atoms with Crippen LogP contribution in [-0.2, 0) is 25.6 Å². The maximum Gasteiger partial charge on any atom is 0.308 e. The highest BCUT2D eigenvalue weighted by Gasteiger charge is 2.59. The van der Waals surface area contributed by atoms with Crippen LogP contribution in [0.2, 0.25) is 0 Å². The van der Waals surface area contributed by atoms with E-state index in [1.807, 2.05) is 85.6 Å². The van der Waals surface area contributed by atoms with Crippen LogP contribution in [0, 0.1) is 36.5 Å².